The summed E-state index contributed by atoms with van der Waals surface area (Å²) in [4.78, 5) is 7.88. The summed E-state index contributed by atoms with van der Waals surface area (Å²) in [5.74, 6) is 2.01. The molecule has 4 aromatic rings. The van der Waals surface area contributed by atoms with Crippen molar-refractivity contribution < 1.29 is 9.47 Å². The lowest BCUT2D eigenvalue weighted by Crippen LogP contribution is -2.00. The predicted molar refractivity (Wildman–Crippen MR) is 124 cm³/mol. The zero-order valence-electron chi connectivity index (χ0n) is 16.8. The van der Waals surface area contributed by atoms with Gasteiger partial charge in [0.2, 0.25) is 0 Å². The van der Waals surface area contributed by atoms with E-state index < -0.39 is 0 Å². The van der Waals surface area contributed by atoms with Gasteiger partial charge in [-0.3, -0.25) is 0 Å². The van der Waals surface area contributed by atoms with Gasteiger partial charge in [-0.25, -0.2) is 9.97 Å². The van der Waals surface area contributed by atoms with Gasteiger partial charge in [0.05, 0.1) is 0 Å². The van der Waals surface area contributed by atoms with Gasteiger partial charge in [0.25, 0.3) is 0 Å². The van der Waals surface area contributed by atoms with E-state index in [1.165, 1.54) is 0 Å². The molecule has 0 unspecified atom stereocenters. The number of ether oxygens (including phenoxy) is 2. The lowest BCUT2D eigenvalue weighted by atomic mass is 10.2. The Bertz CT molecular complexity index is 1050. The van der Waals surface area contributed by atoms with Crippen molar-refractivity contribution in [1.82, 2.24) is 9.97 Å². The van der Waals surface area contributed by atoms with E-state index in [9.17, 15) is 0 Å². The third-order valence-corrected chi connectivity index (χ3v) is 4.55. The highest BCUT2D eigenvalue weighted by atomic mass is 35.5. The van der Waals surface area contributed by atoms with Crippen LogP contribution in [0.15, 0.2) is 91.3 Å². The van der Waals surface area contributed by atoms with Crippen LogP contribution < -0.4 is 20.9 Å². The molecule has 0 saturated heterocycles. The second-order valence-corrected chi connectivity index (χ2v) is 6.84. The third-order valence-electron chi connectivity index (χ3n) is 4.18. The maximum atomic E-state index is 6.00. The Morgan fingerprint density at radius 1 is 0.645 bits per heavy atom. The highest BCUT2D eigenvalue weighted by molar-refractivity contribution is 6.31. The quantitative estimate of drug-likeness (QED) is 0.436. The van der Waals surface area contributed by atoms with Crippen LogP contribution in [0.2, 0.25) is 5.02 Å². The van der Waals surface area contributed by atoms with E-state index in [0.29, 0.717) is 41.4 Å². The molecule has 0 atom stereocenters. The molecule has 0 spiro atoms. The summed E-state index contributed by atoms with van der Waals surface area (Å²) in [6.45, 7) is 0.895. The monoisotopic (exact) mass is 434 g/mol. The molecule has 7 heteroatoms. The largest absolute Gasteiger partial charge is 0.485 e. The molecular formula is C24H23ClN4O2. The van der Waals surface area contributed by atoms with Crippen LogP contribution in [0, 0.1) is 0 Å². The lowest BCUT2D eigenvalue weighted by Gasteiger charge is -2.08. The Balaban J connectivity index is 0.000000176. The van der Waals surface area contributed by atoms with E-state index in [4.69, 9.17) is 32.5 Å². The molecule has 158 valence electrons. The topological polar surface area (TPSA) is 96.3 Å². The van der Waals surface area contributed by atoms with Crippen LogP contribution in [0.4, 0.5) is 11.6 Å². The van der Waals surface area contributed by atoms with Crippen LogP contribution in [-0.2, 0) is 13.2 Å². The summed E-state index contributed by atoms with van der Waals surface area (Å²) in [6, 6.07) is 24.6. The number of rotatable bonds is 6. The molecule has 0 aliphatic carbocycles. The van der Waals surface area contributed by atoms with Crippen LogP contribution in [0.1, 0.15) is 11.1 Å². The first-order valence-electron chi connectivity index (χ1n) is 9.57. The minimum absolute atomic E-state index is 0.384. The SMILES string of the molecule is Nc1ncccc1OCc1ccccc1.Nc1ncccc1OCc1ccccc1Cl. The Hall–Kier alpha value is -3.77. The standard InChI is InChI=1S/C12H11ClN2O.C12H12N2O/c13-10-5-2-1-4-9(10)8-16-11-6-3-7-15-12(11)14;13-12-11(7-4-8-14-12)15-9-10-5-2-1-3-6-10/h1-7H,8H2,(H2,14,15);1-8H,9H2,(H2,13,14). The summed E-state index contributed by atoms with van der Waals surface area (Å²) >= 11 is 6.00. The number of hydrogen-bond donors (Lipinski definition) is 2. The van der Waals surface area contributed by atoms with Crippen molar-refractivity contribution in [3.63, 3.8) is 0 Å². The predicted octanol–water partition coefficient (Wildman–Crippen LogP) is 5.14. The van der Waals surface area contributed by atoms with Crippen LogP contribution in [0.3, 0.4) is 0 Å². The van der Waals surface area contributed by atoms with Gasteiger partial charge in [0, 0.05) is 23.0 Å². The molecule has 4 rings (SSSR count). The molecule has 2 aromatic heterocycles. The number of nitrogen functional groups attached to an aromatic ring is 2. The number of nitrogens with zero attached hydrogens (tertiary/aromatic N) is 2. The van der Waals surface area contributed by atoms with Gasteiger partial charge in [0.15, 0.2) is 23.1 Å². The number of anilines is 2. The fourth-order valence-electron chi connectivity index (χ4n) is 2.56. The Morgan fingerprint density at radius 2 is 1.19 bits per heavy atom. The molecule has 2 heterocycles. The zero-order valence-corrected chi connectivity index (χ0v) is 17.6. The Labute approximate surface area is 186 Å². The van der Waals surface area contributed by atoms with E-state index in [-0.39, 0.29) is 0 Å². The van der Waals surface area contributed by atoms with E-state index in [0.717, 1.165) is 11.1 Å². The molecule has 6 nitrogen and oxygen atoms in total. The number of pyridine rings is 2. The highest BCUT2D eigenvalue weighted by Crippen LogP contribution is 2.21. The maximum Gasteiger partial charge on any atom is 0.166 e. The molecule has 0 aliphatic rings. The molecule has 4 N–H and O–H groups in total. The fraction of sp³-hybridized carbons (Fsp3) is 0.0833. The van der Waals surface area contributed by atoms with E-state index in [1.807, 2.05) is 60.7 Å². The molecule has 0 fully saturated rings. The number of nitrogens with two attached hydrogens (primary N) is 2. The minimum atomic E-state index is 0.384. The average molecular weight is 435 g/mol. The van der Waals surface area contributed by atoms with Crippen molar-refractivity contribution >= 4 is 23.2 Å². The molecule has 0 amide bonds. The first-order valence-corrected chi connectivity index (χ1v) is 9.95. The summed E-state index contributed by atoms with van der Waals surface area (Å²) in [5.41, 5.74) is 13.3. The maximum absolute atomic E-state index is 6.00. The smallest absolute Gasteiger partial charge is 0.166 e. The van der Waals surface area contributed by atoms with Gasteiger partial charge in [-0.1, -0.05) is 60.1 Å². The van der Waals surface area contributed by atoms with Gasteiger partial charge in [-0.15, -0.1) is 0 Å². The summed E-state index contributed by atoms with van der Waals surface area (Å²) in [5, 5.41) is 0.685. The van der Waals surface area contributed by atoms with Crippen molar-refractivity contribution in [3.05, 3.63) is 107 Å². The molecular weight excluding hydrogens is 412 g/mol. The Kier molecular flexibility index (Phi) is 8.08. The van der Waals surface area contributed by atoms with Gasteiger partial charge in [0.1, 0.15) is 13.2 Å². The molecule has 31 heavy (non-hydrogen) atoms. The van der Waals surface area contributed by atoms with Crippen molar-refractivity contribution in [2.75, 3.05) is 11.5 Å². The normalized spacial score (nSPS) is 9.97. The number of hydrogen-bond acceptors (Lipinski definition) is 6. The summed E-state index contributed by atoms with van der Waals surface area (Å²) < 4.78 is 11.1. The van der Waals surface area contributed by atoms with Crippen LogP contribution in [0.25, 0.3) is 0 Å². The third kappa shape index (κ3) is 6.90. The first kappa shape index (κ1) is 21.9. The van der Waals surface area contributed by atoms with Crippen molar-refractivity contribution in [2.45, 2.75) is 13.2 Å². The second-order valence-electron chi connectivity index (χ2n) is 6.43. The molecule has 0 saturated carbocycles. The van der Waals surface area contributed by atoms with Crippen molar-refractivity contribution in [3.8, 4) is 11.5 Å². The van der Waals surface area contributed by atoms with Gasteiger partial charge >= 0.3 is 0 Å². The Morgan fingerprint density at radius 3 is 1.77 bits per heavy atom. The number of aromatic nitrogens is 2. The second kappa shape index (κ2) is 11.4. The fourth-order valence-corrected chi connectivity index (χ4v) is 2.75. The van der Waals surface area contributed by atoms with Crippen LogP contribution >= 0.6 is 11.6 Å². The molecule has 0 aliphatic heterocycles. The van der Waals surface area contributed by atoms with Crippen LogP contribution in [0.5, 0.6) is 11.5 Å². The van der Waals surface area contributed by atoms with Crippen molar-refractivity contribution in [1.29, 1.82) is 0 Å². The van der Waals surface area contributed by atoms with Crippen molar-refractivity contribution in [2.24, 2.45) is 0 Å². The van der Waals surface area contributed by atoms with E-state index in [2.05, 4.69) is 9.97 Å². The summed E-state index contributed by atoms with van der Waals surface area (Å²) in [7, 11) is 0. The highest BCUT2D eigenvalue weighted by Gasteiger charge is 2.03. The first-order chi connectivity index (χ1) is 15.1. The average Bonchev–Trinajstić information content (AvgIpc) is 2.80. The summed E-state index contributed by atoms with van der Waals surface area (Å²) in [6.07, 6.45) is 3.27. The minimum Gasteiger partial charge on any atom is -0.485 e. The lowest BCUT2D eigenvalue weighted by molar-refractivity contribution is 0.307. The van der Waals surface area contributed by atoms with Gasteiger partial charge < -0.3 is 20.9 Å². The van der Waals surface area contributed by atoms with E-state index in [1.54, 1.807) is 30.6 Å². The van der Waals surface area contributed by atoms with E-state index >= 15 is 0 Å². The van der Waals surface area contributed by atoms with Gasteiger partial charge in [-0.2, -0.15) is 0 Å². The molecule has 0 bridgehead atoms. The molecule has 0 radical (unpaired) electrons. The number of halogens is 1. The van der Waals surface area contributed by atoms with Crippen LogP contribution in [-0.4, -0.2) is 9.97 Å². The number of benzene rings is 2. The molecule has 2 aromatic carbocycles. The van der Waals surface area contributed by atoms with Gasteiger partial charge in [-0.05, 0) is 35.9 Å². The zero-order chi connectivity index (χ0) is 21.9.